The Morgan fingerprint density at radius 1 is 1.18 bits per heavy atom. The number of H-pyrrole nitrogens is 2. The summed E-state index contributed by atoms with van der Waals surface area (Å²) in [6.07, 6.45) is -2.66. The van der Waals surface area contributed by atoms with E-state index in [1.165, 1.54) is 24.5 Å². The first-order valence-electron chi connectivity index (χ1n) is 9.12. The van der Waals surface area contributed by atoms with Crippen molar-refractivity contribution in [1.82, 2.24) is 15.3 Å². The molecule has 0 aliphatic heterocycles. The maximum atomic E-state index is 14.5. The highest BCUT2D eigenvalue weighted by atomic mass is 19.4. The van der Waals surface area contributed by atoms with Gasteiger partial charge in [0.2, 0.25) is 11.8 Å². The van der Waals surface area contributed by atoms with E-state index in [0.717, 1.165) is 12.1 Å². The Kier molecular flexibility index (Phi) is 5.54. The first-order chi connectivity index (χ1) is 15.6. The van der Waals surface area contributed by atoms with Crippen LogP contribution in [0.3, 0.4) is 0 Å². The Labute approximate surface area is 180 Å². The van der Waals surface area contributed by atoms with Gasteiger partial charge in [0.1, 0.15) is 23.1 Å². The molecule has 0 fully saturated rings. The molecule has 170 valence electrons. The number of halogens is 5. The van der Waals surface area contributed by atoms with E-state index in [2.05, 4.69) is 25.0 Å². The molecule has 1 amide bonds. The van der Waals surface area contributed by atoms with E-state index in [-0.39, 0.29) is 28.1 Å². The number of benzene rings is 1. The Bertz CT molecular complexity index is 1400. The molecule has 3 heterocycles. The normalized spacial score (nSPS) is 12.5. The van der Waals surface area contributed by atoms with Gasteiger partial charge in [-0.15, -0.1) is 13.2 Å². The van der Waals surface area contributed by atoms with Gasteiger partial charge in [0.25, 0.3) is 5.69 Å². The van der Waals surface area contributed by atoms with Crippen molar-refractivity contribution >= 4 is 17.0 Å². The van der Waals surface area contributed by atoms with Crippen molar-refractivity contribution in [3.05, 3.63) is 87.9 Å². The standard InChI is InChI=1S/C20H11F5N4O4/c21-10-2-1-5-26-17(10)16(9-3-4-14(11(22)6-9)33-20(23,24)25)29-18(30)13-7-12-15(8-27-13)32-19(31)28-12/h1-8,16H,(H,28,31)(H,29,30)/p+1. The van der Waals surface area contributed by atoms with Gasteiger partial charge in [-0.25, -0.2) is 18.6 Å². The predicted molar refractivity (Wildman–Crippen MR) is 100.0 cm³/mol. The van der Waals surface area contributed by atoms with E-state index < -0.39 is 41.5 Å². The lowest BCUT2D eigenvalue weighted by molar-refractivity contribution is -0.380. The number of aromatic nitrogens is 3. The zero-order chi connectivity index (χ0) is 23.8. The van der Waals surface area contributed by atoms with Crippen molar-refractivity contribution in [2.24, 2.45) is 0 Å². The van der Waals surface area contributed by atoms with Crippen molar-refractivity contribution in [3.63, 3.8) is 0 Å². The van der Waals surface area contributed by atoms with Crippen LogP contribution in [0.25, 0.3) is 11.1 Å². The van der Waals surface area contributed by atoms with Crippen LogP contribution in [0.2, 0.25) is 0 Å². The molecule has 0 aliphatic carbocycles. The summed E-state index contributed by atoms with van der Waals surface area (Å²) in [5, 5.41) is 2.45. The van der Waals surface area contributed by atoms with Gasteiger partial charge >= 0.3 is 18.0 Å². The largest absolute Gasteiger partial charge is 0.573 e. The third-order valence-electron chi connectivity index (χ3n) is 4.45. The van der Waals surface area contributed by atoms with Gasteiger partial charge in [0.05, 0.1) is 0 Å². The molecule has 4 rings (SSSR count). The molecule has 0 radical (unpaired) electrons. The molecular weight excluding hydrogens is 455 g/mol. The molecule has 13 heteroatoms. The summed E-state index contributed by atoms with van der Waals surface area (Å²) >= 11 is 0. The minimum Gasteiger partial charge on any atom is -0.403 e. The number of rotatable bonds is 5. The smallest absolute Gasteiger partial charge is 0.403 e. The highest BCUT2D eigenvalue weighted by Crippen LogP contribution is 2.30. The molecule has 3 aromatic heterocycles. The van der Waals surface area contributed by atoms with Crippen LogP contribution in [0.1, 0.15) is 27.8 Å². The molecule has 1 unspecified atom stereocenters. The minimum atomic E-state index is -5.12. The summed E-state index contributed by atoms with van der Waals surface area (Å²) in [5.74, 6) is -4.90. The molecule has 3 N–H and O–H groups in total. The maximum absolute atomic E-state index is 14.5. The maximum Gasteiger partial charge on any atom is 0.573 e. The summed E-state index contributed by atoms with van der Waals surface area (Å²) in [6.45, 7) is 0. The molecule has 1 atom stereocenters. The molecule has 4 aromatic rings. The molecule has 1 aromatic carbocycles. The van der Waals surface area contributed by atoms with Crippen LogP contribution in [-0.2, 0) is 0 Å². The zero-order valence-corrected chi connectivity index (χ0v) is 16.2. The van der Waals surface area contributed by atoms with Gasteiger partial charge in [-0.2, -0.15) is 0 Å². The van der Waals surface area contributed by atoms with Gasteiger partial charge in [0, 0.05) is 12.3 Å². The van der Waals surface area contributed by atoms with Gasteiger partial charge in [-0.1, -0.05) is 6.07 Å². The zero-order valence-electron chi connectivity index (χ0n) is 16.2. The Morgan fingerprint density at radius 3 is 2.67 bits per heavy atom. The lowest BCUT2D eigenvalue weighted by Gasteiger charge is -2.19. The van der Waals surface area contributed by atoms with Crippen LogP contribution in [0.15, 0.2) is 58.0 Å². The number of alkyl halides is 3. The number of hydrogen-bond acceptors (Lipinski definition) is 5. The number of nitrogens with zero attached hydrogens (tertiary/aromatic N) is 1. The molecule has 0 aliphatic rings. The van der Waals surface area contributed by atoms with E-state index in [0.29, 0.717) is 12.1 Å². The number of oxazole rings is 1. The fraction of sp³-hybridized carbons (Fsp3) is 0.100. The van der Waals surface area contributed by atoms with Crippen molar-refractivity contribution < 1.29 is 40.9 Å². The first-order valence-corrected chi connectivity index (χ1v) is 9.12. The Balaban J connectivity index is 1.71. The van der Waals surface area contributed by atoms with Crippen LogP contribution < -0.4 is 20.8 Å². The van der Waals surface area contributed by atoms with Crippen molar-refractivity contribution in [3.8, 4) is 5.75 Å². The second-order valence-electron chi connectivity index (χ2n) is 6.65. The fourth-order valence-electron chi connectivity index (χ4n) is 3.06. The second kappa shape index (κ2) is 8.33. The first kappa shape index (κ1) is 21.9. The summed E-state index contributed by atoms with van der Waals surface area (Å²) in [4.78, 5) is 32.9. The number of carbonyl (C=O) groups is 1. The molecule has 0 saturated carbocycles. The van der Waals surface area contributed by atoms with Crippen molar-refractivity contribution in [2.45, 2.75) is 12.4 Å². The van der Waals surface area contributed by atoms with Gasteiger partial charge < -0.3 is 14.5 Å². The molecular formula is C20H12F5N4O4+. The van der Waals surface area contributed by atoms with Crippen LogP contribution in [0.5, 0.6) is 5.75 Å². The number of fused-ring (bicyclic) bond motifs is 1. The lowest BCUT2D eigenvalue weighted by atomic mass is 10.0. The average Bonchev–Trinajstić information content (AvgIpc) is 3.12. The molecule has 33 heavy (non-hydrogen) atoms. The third kappa shape index (κ3) is 4.81. The number of carbonyl (C=O) groups excluding carboxylic acids is 1. The van der Waals surface area contributed by atoms with E-state index in [1.54, 1.807) is 0 Å². The van der Waals surface area contributed by atoms with E-state index in [4.69, 9.17) is 4.42 Å². The van der Waals surface area contributed by atoms with Crippen LogP contribution in [0, 0.1) is 11.6 Å². The molecule has 0 bridgehead atoms. The van der Waals surface area contributed by atoms with E-state index >= 15 is 0 Å². The van der Waals surface area contributed by atoms with Crippen LogP contribution in [-0.4, -0.2) is 22.2 Å². The molecule has 8 nitrogen and oxygen atoms in total. The van der Waals surface area contributed by atoms with Crippen molar-refractivity contribution in [2.75, 3.05) is 0 Å². The third-order valence-corrected chi connectivity index (χ3v) is 4.45. The highest BCUT2D eigenvalue weighted by Gasteiger charge is 2.33. The number of pyridine rings is 2. The van der Waals surface area contributed by atoms with Gasteiger partial charge in [0.15, 0.2) is 11.6 Å². The minimum absolute atomic E-state index is 0.0848. The fourth-order valence-corrected chi connectivity index (χ4v) is 3.06. The Hall–Kier alpha value is -4.29. The number of hydrogen-bond donors (Lipinski definition) is 2. The monoisotopic (exact) mass is 467 g/mol. The molecule has 0 saturated heterocycles. The number of nitrogens with one attached hydrogen (secondary N) is 3. The topological polar surface area (TPSA) is 111 Å². The SMILES string of the molecule is O=C(NC(c1ccc(OC(F)(F)F)c(F)c1)c1ncccc1F)c1cc2[nH]c(=O)oc2c[nH+]1. The van der Waals surface area contributed by atoms with Gasteiger partial charge in [-0.05, 0) is 29.8 Å². The quantitative estimate of drug-likeness (QED) is 0.439. The van der Waals surface area contributed by atoms with Gasteiger partial charge in [-0.3, -0.25) is 14.8 Å². The summed E-state index contributed by atoms with van der Waals surface area (Å²) in [5.41, 5.74) is -0.160. The number of amides is 1. The van der Waals surface area contributed by atoms with Crippen molar-refractivity contribution in [1.29, 1.82) is 0 Å². The lowest BCUT2D eigenvalue weighted by Crippen LogP contribution is -2.34. The second-order valence-corrected chi connectivity index (χ2v) is 6.65. The molecule has 0 spiro atoms. The summed E-state index contributed by atoms with van der Waals surface area (Å²) in [6, 6.07) is 4.60. The highest BCUT2D eigenvalue weighted by molar-refractivity contribution is 5.93. The Morgan fingerprint density at radius 2 is 1.97 bits per heavy atom. The number of aromatic amines is 2. The van der Waals surface area contributed by atoms with Crippen LogP contribution in [0.4, 0.5) is 22.0 Å². The summed E-state index contributed by atoms with van der Waals surface area (Å²) < 4.78 is 74.5. The average molecular weight is 467 g/mol. The van der Waals surface area contributed by atoms with Crippen LogP contribution >= 0.6 is 0 Å². The summed E-state index contributed by atoms with van der Waals surface area (Å²) in [7, 11) is 0. The van der Waals surface area contributed by atoms with E-state index in [9.17, 15) is 31.5 Å². The number of ether oxygens (including phenoxy) is 1. The van der Waals surface area contributed by atoms with E-state index in [1.807, 2.05) is 0 Å². The predicted octanol–water partition coefficient (Wildman–Crippen LogP) is 3.03.